The largest absolute Gasteiger partial charge is 0.480 e. The minimum atomic E-state index is -4.01. The molecule has 0 radical (unpaired) electrons. The number of sulfonamides is 1. The number of benzene rings is 1. The van der Waals surface area contributed by atoms with E-state index in [1.165, 1.54) is 6.07 Å². The average Bonchev–Trinajstić information content (AvgIpc) is 2.75. The zero-order valence-corrected chi connectivity index (χ0v) is 12.2. The van der Waals surface area contributed by atoms with Crippen molar-refractivity contribution >= 4 is 27.6 Å². The highest BCUT2D eigenvalue weighted by molar-refractivity contribution is 7.89. The zero-order valence-electron chi connectivity index (χ0n) is 10.7. The Morgan fingerprint density at radius 3 is 2.70 bits per heavy atom. The molecule has 8 heteroatoms. The molecule has 2 atom stereocenters. The van der Waals surface area contributed by atoms with E-state index in [2.05, 4.69) is 0 Å². The van der Waals surface area contributed by atoms with Crippen molar-refractivity contribution in [3.8, 4) is 0 Å². The van der Waals surface area contributed by atoms with Crippen molar-refractivity contribution in [3.05, 3.63) is 28.8 Å². The van der Waals surface area contributed by atoms with Gasteiger partial charge in [-0.25, -0.2) is 8.42 Å². The first-order chi connectivity index (χ1) is 9.23. The smallest absolute Gasteiger partial charge is 0.322 e. The van der Waals surface area contributed by atoms with Gasteiger partial charge < -0.3 is 10.2 Å². The maximum atomic E-state index is 12.6. The lowest BCUT2D eigenvalue weighted by Gasteiger charge is -2.21. The summed E-state index contributed by atoms with van der Waals surface area (Å²) in [5, 5.41) is 18.9. The van der Waals surface area contributed by atoms with Crippen LogP contribution in [0.25, 0.3) is 0 Å². The van der Waals surface area contributed by atoms with Crippen molar-refractivity contribution in [1.29, 1.82) is 0 Å². The lowest BCUT2D eigenvalue weighted by atomic mass is 10.2. The number of rotatable bonds is 3. The second-order valence-electron chi connectivity index (χ2n) is 4.73. The highest BCUT2D eigenvalue weighted by Gasteiger charge is 2.43. The predicted octanol–water partition coefficient (Wildman–Crippen LogP) is 0.857. The fourth-order valence-electron chi connectivity index (χ4n) is 2.25. The monoisotopic (exact) mass is 319 g/mol. The second kappa shape index (κ2) is 5.33. The molecule has 0 bridgehead atoms. The van der Waals surface area contributed by atoms with Crippen LogP contribution in [-0.4, -0.2) is 47.6 Å². The van der Waals surface area contributed by atoms with Crippen LogP contribution in [0.2, 0.25) is 5.02 Å². The molecule has 2 rings (SSSR count). The van der Waals surface area contributed by atoms with Gasteiger partial charge in [-0.3, -0.25) is 4.79 Å². The standard InChI is InChI=1S/C12H14ClNO5S/c1-7-2-3-8(13)4-11(7)20(18,19)14-6-9(15)5-10(14)12(16)17/h2-4,9-10,15H,5-6H2,1H3,(H,16,17). The summed E-state index contributed by atoms with van der Waals surface area (Å²) in [6.45, 7) is 1.37. The van der Waals surface area contributed by atoms with Crippen LogP contribution >= 0.6 is 11.6 Å². The van der Waals surface area contributed by atoms with Gasteiger partial charge in [0.25, 0.3) is 0 Å². The Bertz CT molecular complexity index is 645. The van der Waals surface area contributed by atoms with Gasteiger partial charge in [-0.15, -0.1) is 0 Å². The fourth-order valence-corrected chi connectivity index (χ4v) is 4.37. The number of carboxylic acids is 1. The summed E-state index contributed by atoms with van der Waals surface area (Å²) in [5.74, 6) is -1.27. The van der Waals surface area contributed by atoms with Crippen LogP contribution < -0.4 is 0 Å². The molecule has 0 spiro atoms. The Kier molecular flexibility index (Phi) is 4.06. The van der Waals surface area contributed by atoms with Crippen LogP contribution in [0.15, 0.2) is 23.1 Å². The first-order valence-electron chi connectivity index (χ1n) is 5.92. The number of aryl methyl sites for hydroxylation is 1. The van der Waals surface area contributed by atoms with Crippen LogP contribution in [0, 0.1) is 6.92 Å². The van der Waals surface area contributed by atoms with Gasteiger partial charge in [0.15, 0.2) is 0 Å². The van der Waals surface area contributed by atoms with Crippen molar-refractivity contribution in [2.75, 3.05) is 6.54 Å². The van der Waals surface area contributed by atoms with Crippen LogP contribution in [0.1, 0.15) is 12.0 Å². The molecule has 1 aromatic rings. The van der Waals surface area contributed by atoms with E-state index < -0.39 is 28.1 Å². The summed E-state index contributed by atoms with van der Waals surface area (Å²) in [6.07, 6.45) is -1.10. The van der Waals surface area contributed by atoms with Crippen molar-refractivity contribution < 1.29 is 23.4 Å². The molecule has 0 amide bonds. The van der Waals surface area contributed by atoms with E-state index in [1.54, 1.807) is 19.1 Å². The van der Waals surface area contributed by atoms with E-state index in [0.29, 0.717) is 5.56 Å². The molecule has 1 fully saturated rings. The van der Waals surface area contributed by atoms with Crippen molar-refractivity contribution in [3.63, 3.8) is 0 Å². The van der Waals surface area contributed by atoms with Gasteiger partial charge in [0.05, 0.1) is 11.0 Å². The minimum Gasteiger partial charge on any atom is -0.480 e. The van der Waals surface area contributed by atoms with Gasteiger partial charge in [0.2, 0.25) is 10.0 Å². The fraction of sp³-hybridized carbons (Fsp3) is 0.417. The summed E-state index contributed by atoms with van der Waals surface area (Å²) in [7, 11) is -4.01. The maximum absolute atomic E-state index is 12.6. The van der Waals surface area contributed by atoms with Crippen LogP contribution in [0.5, 0.6) is 0 Å². The summed E-state index contributed by atoms with van der Waals surface area (Å²) in [5.41, 5.74) is 0.472. The number of hydrogen-bond acceptors (Lipinski definition) is 4. The molecule has 6 nitrogen and oxygen atoms in total. The number of β-amino-alcohol motifs (C(OH)–C–C–N with tert-alkyl or cyclic N) is 1. The third kappa shape index (κ3) is 2.67. The zero-order chi connectivity index (χ0) is 15.1. The molecular formula is C12H14ClNO5S. The molecule has 1 saturated heterocycles. The molecule has 20 heavy (non-hydrogen) atoms. The van der Waals surface area contributed by atoms with Crippen LogP contribution in [0.4, 0.5) is 0 Å². The molecule has 1 aromatic carbocycles. The topological polar surface area (TPSA) is 94.9 Å². The molecule has 2 N–H and O–H groups in total. The van der Waals surface area contributed by atoms with Gasteiger partial charge in [-0.05, 0) is 24.6 Å². The van der Waals surface area contributed by atoms with E-state index in [0.717, 1.165) is 4.31 Å². The number of aliphatic carboxylic acids is 1. The van der Waals surface area contributed by atoms with E-state index in [-0.39, 0.29) is 22.9 Å². The first kappa shape index (κ1) is 15.2. The highest BCUT2D eigenvalue weighted by atomic mass is 35.5. The molecule has 1 aliphatic rings. The summed E-state index contributed by atoms with van der Waals surface area (Å²) < 4.78 is 25.9. The molecule has 0 aliphatic carbocycles. The van der Waals surface area contributed by atoms with Gasteiger partial charge in [-0.2, -0.15) is 4.31 Å². The van der Waals surface area contributed by atoms with Gasteiger partial charge >= 0.3 is 5.97 Å². The summed E-state index contributed by atoms with van der Waals surface area (Å²) >= 11 is 5.81. The molecule has 110 valence electrons. The normalized spacial score (nSPS) is 23.9. The third-order valence-electron chi connectivity index (χ3n) is 3.26. The Labute approximate surface area is 121 Å². The molecule has 0 aromatic heterocycles. The number of carbonyl (C=O) groups is 1. The van der Waals surface area contributed by atoms with E-state index in [9.17, 15) is 18.3 Å². The minimum absolute atomic E-state index is 0.0367. The Morgan fingerprint density at radius 1 is 1.45 bits per heavy atom. The van der Waals surface area contributed by atoms with E-state index in [1.807, 2.05) is 0 Å². The van der Waals surface area contributed by atoms with Gasteiger partial charge in [0.1, 0.15) is 6.04 Å². The quantitative estimate of drug-likeness (QED) is 0.861. The first-order valence-corrected chi connectivity index (χ1v) is 7.74. The number of hydrogen-bond donors (Lipinski definition) is 2. The van der Waals surface area contributed by atoms with Gasteiger partial charge in [0, 0.05) is 18.0 Å². The number of aliphatic hydroxyl groups is 1. The lowest BCUT2D eigenvalue weighted by molar-refractivity contribution is -0.140. The van der Waals surface area contributed by atoms with Crippen molar-refractivity contribution in [2.24, 2.45) is 0 Å². The molecule has 0 saturated carbocycles. The predicted molar refractivity (Wildman–Crippen MR) is 72.1 cm³/mol. The SMILES string of the molecule is Cc1ccc(Cl)cc1S(=O)(=O)N1CC(O)CC1C(=O)O. The van der Waals surface area contributed by atoms with E-state index >= 15 is 0 Å². The average molecular weight is 320 g/mol. The number of nitrogens with zero attached hydrogens (tertiary/aromatic N) is 1. The third-order valence-corrected chi connectivity index (χ3v) is 5.51. The van der Waals surface area contributed by atoms with Crippen molar-refractivity contribution in [2.45, 2.75) is 30.4 Å². The molecular weight excluding hydrogens is 306 g/mol. The number of aliphatic hydroxyl groups excluding tert-OH is 1. The second-order valence-corrected chi connectivity index (χ2v) is 7.02. The van der Waals surface area contributed by atoms with E-state index in [4.69, 9.17) is 16.7 Å². The van der Waals surface area contributed by atoms with Crippen molar-refractivity contribution in [1.82, 2.24) is 4.31 Å². The van der Waals surface area contributed by atoms with Gasteiger partial charge in [-0.1, -0.05) is 17.7 Å². The summed E-state index contributed by atoms with van der Waals surface area (Å²) in [6, 6.07) is 3.14. The molecule has 1 heterocycles. The lowest BCUT2D eigenvalue weighted by Crippen LogP contribution is -2.40. The summed E-state index contributed by atoms with van der Waals surface area (Å²) in [4.78, 5) is 11.1. The van der Waals surface area contributed by atoms with Crippen LogP contribution in [0.3, 0.4) is 0 Å². The maximum Gasteiger partial charge on any atom is 0.322 e. The number of carboxylic acid groups (broad SMARTS) is 1. The molecule has 1 aliphatic heterocycles. The number of halogens is 1. The Hall–Kier alpha value is -1.15. The molecule has 2 unspecified atom stereocenters. The Morgan fingerprint density at radius 2 is 2.10 bits per heavy atom. The highest BCUT2D eigenvalue weighted by Crippen LogP contribution is 2.29. The van der Waals surface area contributed by atoms with Crippen LogP contribution in [-0.2, 0) is 14.8 Å². The Balaban J connectivity index is 2.49.